The second-order valence-corrected chi connectivity index (χ2v) is 7.32. The van der Waals surface area contributed by atoms with E-state index < -0.39 is 23.1 Å². The van der Waals surface area contributed by atoms with Crippen LogP contribution >= 0.6 is 0 Å². The fourth-order valence-corrected chi connectivity index (χ4v) is 4.05. The molecule has 0 bridgehead atoms. The van der Waals surface area contributed by atoms with Gasteiger partial charge in [-0.05, 0) is 24.7 Å². The third kappa shape index (κ3) is 3.82. The summed E-state index contributed by atoms with van der Waals surface area (Å²) in [6, 6.07) is 2.03. The van der Waals surface area contributed by atoms with Gasteiger partial charge in [-0.1, -0.05) is 6.08 Å². The Balaban J connectivity index is 1.70. The number of carbonyl (C=O) groups excluding carboxylic acids is 2. The van der Waals surface area contributed by atoms with E-state index in [1.165, 1.54) is 12.0 Å². The van der Waals surface area contributed by atoms with Gasteiger partial charge in [0.05, 0.1) is 7.11 Å². The zero-order chi connectivity index (χ0) is 19.6. The molecule has 7 heteroatoms. The highest BCUT2D eigenvalue weighted by atomic mass is 19.1. The van der Waals surface area contributed by atoms with Crippen LogP contribution in [0.15, 0.2) is 24.8 Å². The molecule has 0 N–H and O–H groups in total. The number of hydrogen-bond donors (Lipinski definition) is 0. The van der Waals surface area contributed by atoms with Crippen LogP contribution in [0.5, 0.6) is 5.75 Å². The maximum absolute atomic E-state index is 14.2. The van der Waals surface area contributed by atoms with Crippen molar-refractivity contribution in [1.29, 1.82) is 0 Å². The van der Waals surface area contributed by atoms with E-state index in [0.717, 1.165) is 18.6 Å². The molecular formula is C20H24F2N2O3. The van der Waals surface area contributed by atoms with E-state index in [1.807, 2.05) is 0 Å². The van der Waals surface area contributed by atoms with Crippen LogP contribution in [-0.4, -0.2) is 54.9 Å². The lowest BCUT2D eigenvalue weighted by Crippen LogP contribution is -2.52. The number of ether oxygens (including phenoxy) is 1. The number of methoxy groups -OCH3 is 1. The molecule has 2 aliphatic heterocycles. The van der Waals surface area contributed by atoms with Crippen LogP contribution in [-0.2, 0) is 4.79 Å². The van der Waals surface area contributed by atoms with Crippen LogP contribution in [0.25, 0.3) is 0 Å². The van der Waals surface area contributed by atoms with Gasteiger partial charge in [0.1, 0.15) is 22.9 Å². The van der Waals surface area contributed by atoms with Crippen molar-refractivity contribution in [3.63, 3.8) is 0 Å². The molecule has 27 heavy (non-hydrogen) atoms. The van der Waals surface area contributed by atoms with Crippen molar-refractivity contribution in [1.82, 2.24) is 9.80 Å². The molecule has 5 nitrogen and oxygen atoms in total. The first-order valence-electron chi connectivity index (χ1n) is 9.10. The van der Waals surface area contributed by atoms with Crippen LogP contribution in [0, 0.1) is 17.0 Å². The van der Waals surface area contributed by atoms with Gasteiger partial charge in [-0.3, -0.25) is 9.59 Å². The van der Waals surface area contributed by atoms with Crippen molar-refractivity contribution in [2.24, 2.45) is 5.41 Å². The first-order chi connectivity index (χ1) is 12.9. The Labute approximate surface area is 157 Å². The summed E-state index contributed by atoms with van der Waals surface area (Å²) in [6.45, 7) is 5.69. The van der Waals surface area contributed by atoms with E-state index in [9.17, 15) is 18.4 Å². The molecule has 146 valence electrons. The number of carbonyl (C=O) groups is 2. The molecule has 0 saturated carbocycles. The summed E-state index contributed by atoms with van der Waals surface area (Å²) in [5, 5.41) is 0. The Bertz CT molecular complexity index is 735. The minimum Gasteiger partial charge on any atom is -0.497 e. The minimum absolute atomic E-state index is 0.0355. The summed E-state index contributed by atoms with van der Waals surface area (Å²) < 4.78 is 33.2. The van der Waals surface area contributed by atoms with Crippen molar-refractivity contribution in [3.8, 4) is 5.75 Å². The lowest BCUT2D eigenvalue weighted by molar-refractivity contribution is -0.138. The Hall–Kier alpha value is -2.44. The fraction of sp³-hybridized carbons (Fsp3) is 0.500. The molecule has 0 aromatic heterocycles. The predicted octanol–water partition coefficient (Wildman–Crippen LogP) is 3.00. The first kappa shape index (κ1) is 19.3. The van der Waals surface area contributed by atoms with Crippen LogP contribution < -0.4 is 4.74 Å². The third-order valence-electron chi connectivity index (χ3n) is 5.67. The summed E-state index contributed by atoms with van der Waals surface area (Å²) >= 11 is 0. The van der Waals surface area contributed by atoms with Gasteiger partial charge in [-0.2, -0.15) is 0 Å². The van der Waals surface area contributed by atoms with Gasteiger partial charge in [0, 0.05) is 44.7 Å². The normalized spacial score (nSPS) is 19.3. The number of rotatable bonds is 4. The van der Waals surface area contributed by atoms with Crippen molar-refractivity contribution in [2.45, 2.75) is 25.7 Å². The van der Waals surface area contributed by atoms with Gasteiger partial charge < -0.3 is 14.5 Å². The Morgan fingerprint density at radius 2 is 1.89 bits per heavy atom. The molecule has 2 saturated heterocycles. The van der Waals surface area contributed by atoms with Crippen LogP contribution in [0.2, 0.25) is 0 Å². The minimum atomic E-state index is -0.919. The summed E-state index contributed by atoms with van der Waals surface area (Å²) in [5.41, 5.74) is -0.580. The van der Waals surface area contributed by atoms with E-state index in [4.69, 9.17) is 4.74 Å². The van der Waals surface area contributed by atoms with Gasteiger partial charge in [0.15, 0.2) is 0 Å². The quantitative estimate of drug-likeness (QED) is 0.757. The molecule has 2 amide bonds. The second-order valence-electron chi connectivity index (χ2n) is 7.32. The largest absolute Gasteiger partial charge is 0.497 e. The highest BCUT2D eigenvalue weighted by Crippen LogP contribution is 2.40. The Kier molecular flexibility index (Phi) is 5.48. The molecule has 2 fully saturated rings. The first-order valence-corrected chi connectivity index (χ1v) is 9.10. The van der Waals surface area contributed by atoms with Crippen LogP contribution in [0.1, 0.15) is 36.0 Å². The molecular weight excluding hydrogens is 354 g/mol. The number of piperidine rings is 2. The topological polar surface area (TPSA) is 49.9 Å². The van der Waals surface area contributed by atoms with Crippen LogP contribution in [0.4, 0.5) is 8.78 Å². The maximum atomic E-state index is 14.2. The van der Waals surface area contributed by atoms with E-state index >= 15 is 0 Å². The molecule has 2 heterocycles. The zero-order valence-corrected chi connectivity index (χ0v) is 15.5. The van der Waals surface area contributed by atoms with Crippen molar-refractivity contribution in [2.75, 3.05) is 33.3 Å². The lowest BCUT2D eigenvalue weighted by Gasteiger charge is -2.47. The Morgan fingerprint density at radius 3 is 2.44 bits per heavy atom. The highest BCUT2D eigenvalue weighted by Gasteiger charge is 2.42. The lowest BCUT2D eigenvalue weighted by atomic mass is 9.72. The van der Waals surface area contributed by atoms with Gasteiger partial charge in [-0.25, -0.2) is 8.78 Å². The fourth-order valence-electron chi connectivity index (χ4n) is 4.05. The van der Waals surface area contributed by atoms with Gasteiger partial charge in [-0.15, -0.1) is 6.58 Å². The Morgan fingerprint density at radius 1 is 1.26 bits per heavy atom. The van der Waals surface area contributed by atoms with Crippen molar-refractivity contribution < 1.29 is 23.1 Å². The average molecular weight is 378 g/mol. The number of halogens is 2. The number of likely N-dealkylation sites (tertiary alicyclic amines) is 2. The summed E-state index contributed by atoms with van der Waals surface area (Å²) in [5.74, 6) is -2.32. The van der Waals surface area contributed by atoms with Crippen molar-refractivity contribution in [3.05, 3.63) is 42.0 Å². The molecule has 2 aliphatic rings. The standard InChI is InChI=1S/C20H24F2N2O3/c1-3-8-24-13-20(5-4-17(24)25)6-9-23(10-7-20)19(26)18-15(21)11-14(27-2)12-16(18)22/h3,11-12H,1,4-10,13H2,2H3. The smallest absolute Gasteiger partial charge is 0.259 e. The molecule has 3 rings (SSSR count). The van der Waals surface area contributed by atoms with Gasteiger partial charge in [0.2, 0.25) is 5.91 Å². The van der Waals surface area contributed by atoms with E-state index in [-0.39, 0.29) is 17.1 Å². The average Bonchev–Trinajstić information content (AvgIpc) is 2.65. The molecule has 1 spiro atoms. The zero-order valence-electron chi connectivity index (χ0n) is 15.5. The van der Waals surface area contributed by atoms with Gasteiger partial charge >= 0.3 is 0 Å². The molecule has 0 radical (unpaired) electrons. The van der Waals surface area contributed by atoms with E-state index in [1.54, 1.807) is 11.0 Å². The number of amides is 2. The summed E-state index contributed by atoms with van der Waals surface area (Å²) in [6.07, 6.45) is 4.40. The highest BCUT2D eigenvalue weighted by molar-refractivity contribution is 5.95. The van der Waals surface area contributed by atoms with Crippen LogP contribution in [0.3, 0.4) is 0 Å². The molecule has 0 aliphatic carbocycles. The van der Waals surface area contributed by atoms with E-state index in [2.05, 4.69) is 6.58 Å². The number of benzene rings is 1. The molecule has 0 atom stereocenters. The predicted molar refractivity (Wildman–Crippen MR) is 96.5 cm³/mol. The van der Waals surface area contributed by atoms with Crippen molar-refractivity contribution >= 4 is 11.8 Å². The maximum Gasteiger partial charge on any atom is 0.259 e. The molecule has 1 aromatic carbocycles. The monoisotopic (exact) mass is 378 g/mol. The molecule has 1 aromatic rings. The SMILES string of the molecule is C=CCN1CC2(CCC1=O)CCN(C(=O)c1c(F)cc(OC)cc1F)CC2. The summed E-state index contributed by atoms with van der Waals surface area (Å²) in [4.78, 5) is 28.0. The van der Waals surface area contributed by atoms with Gasteiger partial charge in [0.25, 0.3) is 5.91 Å². The number of nitrogens with zero attached hydrogens (tertiary/aromatic N) is 2. The number of hydrogen-bond acceptors (Lipinski definition) is 3. The second kappa shape index (κ2) is 7.66. The molecule has 0 unspecified atom stereocenters. The third-order valence-corrected chi connectivity index (χ3v) is 5.67. The summed E-state index contributed by atoms with van der Waals surface area (Å²) in [7, 11) is 1.31. The van der Waals surface area contributed by atoms with E-state index in [0.29, 0.717) is 45.4 Å².